The normalized spacial score (nSPS) is 19.1. The molecule has 1 aromatic carbocycles. The first-order valence-corrected chi connectivity index (χ1v) is 8.94. The fraction of sp³-hybridized carbons (Fsp3) is 0.571. The van der Waals surface area contributed by atoms with Crippen LogP contribution in [0.25, 0.3) is 0 Å². The van der Waals surface area contributed by atoms with Gasteiger partial charge in [0, 0.05) is 6.07 Å². The minimum Gasteiger partial charge on any atom is -0.486 e. The standard InChI is InChI=1S/C14H20N2O5S/c17-22(18,15-3-4-16-5-7-19-8-6-16)12-1-2-13-14(11-12)21-10-9-20-13/h1-2,11,15H,3-10H2/p+1. The Kier molecular flexibility index (Phi) is 4.82. The molecule has 1 saturated heterocycles. The molecule has 0 aromatic heterocycles. The molecule has 1 fully saturated rings. The number of quaternary nitrogens is 1. The lowest BCUT2D eigenvalue weighted by Gasteiger charge is -2.23. The fourth-order valence-corrected chi connectivity index (χ4v) is 3.59. The molecule has 2 N–H and O–H groups in total. The van der Waals surface area contributed by atoms with E-state index in [2.05, 4.69) is 4.72 Å². The highest BCUT2D eigenvalue weighted by Crippen LogP contribution is 2.32. The third-order valence-electron chi connectivity index (χ3n) is 3.79. The summed E-state index contributed by atoms with van der Waals surface area (Å²) in [5, 5.41) is 0. The number of nitrogens with one attached hydrogen (secondary N) is 2. The van der Waals surface area contributed by atoms with Crippen molar-refractivity contribution in [2.45, 2.75) is 4.90 Å². The zero-order valence-corrected chi connectivity index (χ0v) is 13.2. The average molecular weight is 329 g/mol. The Balaban J connectivity index is 1.60. The molecule has 7 nitrogen and oxygen atoms in total. The molecule has 0 atom stereocenters. The van der Waals surface area contributed by atoms with Crippen molar-refractivity contribution >= 4 is 10.0 Å². The molecule has 0 aliphatic carbocycles. The van der Waals surface area contributed by atoms with Gasteiger partial charge in [0.15, 0.2) is 11.5 Å². The topological polar surface area (TPSA) is 78.3 Å². The molecule has 0 amide bonds. The highest BCUT2D eigenvalue weighted by Gasteiger charge is 2.20. The molecule has 0 unspecified atom stereocenters. The number of rotatable bonds is 5. The van der Waals surface area contributed by atoms with Gasteiger partial charge in [-0.25, -0.2) is 13.1 Å². The summed E-state index contributed by atoms with van der Waals surface area (Å²) < 4.78 is 43.4. The van der Waals surface area contributed by atoms with Gasteiger partial charge in [-0.3, -0.25) is 0 Å². The van der Waals surface area contributed by atoms with Crippen molar-refractivity contribution in [3.63, 3.8) is 0 Å². The Hall–Kier alpha value is -1.35. The highest BCUT2D eigenvalue weighted by molar-refractivity contribution is 7.89. The van der Waals surface area contributed by atoms with Gasteiger partial charge in [-0.2, -0.15) is 0 Å². The van der Waals surface area contributed by atoms with Crippen molar-refractivity contribution in [3.8, 4) is 11.5 Å². The summed E-state index contributed by atoms with van der Waals surface area (Å²) in [6, 6.07) is 4.69. The molecule has 2 aliphatic heterocycles. The second kappa shape index (κ2) is 6.82. The number of fused-ring (bicyclic) bond motifs is 1. The lowest BCUT2D eigenvalue weighted by molar-refractivity contribution is -0.906. The van der Waals surface area contributed by atoms with Gasteiger partial charge in [0.25, 0.3) is 0 Å². The summed E-state index contributed by atoms with van der Waals surface area (Å²) in [6.07, 6.45) is 0. The van der Waals surface area contributed by atoms with Crippen molar-refractivity contribution in [1.82, 2.24) is 4.72 Å². The van der Waals surface area contributed by atoms with E-state index in [1.54, 1.807) is 6.07 Å². The molecule has 8 heteroatoms. The van der Waals surface area contributed by atoms with Gasteiger partial charge in [-0.05, 0) is 12.1 Å². The van der Waals surface area contributed by atoms with Crippen LogP contribution in [-0.4, -0.2) is 61.0 Å². The van der Waals surface area contributed by atoms with Gasteiger partial charge < -0.3 is 19.1 Å². The van der Waals surface area contributed by atoms with E-state index in [1.165, 1.54) is 17.0 Å². The van der Waals surface area contributed by atoms with Crippen molar-refractivity contribution in [1.29, 1.82) is 0 Å². The van der Waals surface area contributed by atoms with Crippen LogP contribution in [0.4, 0.5) is 0 Å². The fourth-order valence-electron chi connectivity index (χ4n) is 2.55. The molecule has 0 spiro atoms. The maximum atomic E-state index is 12.3. The van der Waals surface area contributed by atoms with E-state index in [0.29, 0.717) is 31.3 Å². The van der Waals surface area contributed by atoms with Crippen LogP contribution < -0.4 is 19.1 Å². The van der Waals surface area contributed by atoms with E-state index in [4.69, 9.17) is 14.2 Å². The molecule has 1 aromatic rings. The number of hydrogen-bond donors (Lipinski definition) is 2. The van der Waals surface area contributed by atoms with E-state index < -0.39 is 10.0 Å². The molecule has 0 radical (unpaired) electrons. The summed E-state index contributed by atoms with van der Waals surface area (Å²) in [5.74, 6) is 1.07. The van der Waals surface area contributed by atoms with Crippen LogP contribution in [0.3, 0.4) is 0 Å². The number of sulfonamides is 1. The van der Waals surface area contributed by atoms with Gasteiger partial charge in [0.05, 0.1) is 31.2 Å². The number of ether oxygens (including phenoxy) is 3. The van der Waals surface area contributed by atoms with E-state index in [9.17, 15) is 8.42 Å². The highest BCUT2D eigenvalue weighted by atomic mass is 32.2. The maximum Gasteiger partial charge on any atom is 0.240 e. The Morgan fingerprint density at radius 2 is 1.77 bits per heavy atom. The first-order chi connectivity index (χ1) is 10.6. The molecule has 2 aliphatic rings. The minimum atomic E-state index is -3.52. The molecular formula is C14H21N2O5S+. The zero-order valence-electron chi connectivity index (χ0n) is 12.3. The monoisotopic (exact) mass is 329 g/mol. The quantitative estimate of drug-likeness (QED) is 0.698. The Bertz CT molecular complexity index is 614. The third-order valence-corrected chi connectivity index (χ3v) is 5.25. The van der Waals surface area contributed by atoms with Gasteiger partial charge >= 0.3 is 0 Å². The second-order valence-corrected chi connectivity index (χ2v) is 7.08. The average Bonchev–Trinajstić information content (AvgIpc) is 2.55. The number of morpholine rings is 1. The molecule has 0 bridgehead atoms. The predicted octanol–water partition coefficient (Wildman–Crippen LogP) is -1.35. The van der Waals surface area contributed by atoms with Crippen LogP contribution in [-0.2, 0) is 14.8 Å². The summed E-state index contributed by atoms with van der Waals surface area (Å²) in [7, 11) is -3.52. The van der Waals surface area contributed by atoms with E-state index in [1.807, 2.05) is 0 Å². The summed E-state index contributed by atoms with van der Waals surface area (Å²) >= 11 is 0. The van der Waals surface area contributed by atoms with Crippen molar-refractivity contribution in [2.75, 3.05) is 52.6 Å². The lowest BCUT2D eigenvalue weighted by atomic mass is 10.3. The second-order valence-electron chi connectivity index (χ2n) is 5.32. The summed E-state index contributed by atoms with van der Waals surface area (Å²) in [5.41, 5.74) is 0. The summed E-state index contributed by atoms with van der Waals surface area (Å²) in [4.78, 5) is 1.56. The zero-order chi connectivity index (χ0) is 15.4. The number of hydrogen-bond acceptors (Lipinski definition) is 5. The summed E-state index contributed by atoms with van der Waals surface area (Å²) in [6.45, 7) is 5.41. The number of benzene rings is 1. The Morgan fingerprint density at radius 1 is 1.05 bits per heavy atom. The van der Waals surface area contributed by atoms with Crippen LogP contribution in [0.5, 0.6) is 11.5 Å². The Morgan fingerprint density at radius 3 is 2.55 bits per heavy atom. The smallest absolute Gasteiger partial charge is 0.240 e. The van der Waals surface area contributed by atoms with Crippen LogP contribution >= 0.6 is 0 Å². The van der Waals surface area contributed by atoms with Crippen LogP contribution in [0.1, 0.15) is 0 Å². The van der Waals surface area contributed by atoms with Crippen LogP contribution in [0.2, 0.25) is 0 Å². The molecule has 2 heterocycles. The molecule has 0 saturated carbocycles. The van der Waals surface area contributed by atoms with Gasteiger partial charge in [0.1, 0.15) is 26.3 Å². The Labute approximate surface area is 130 Å². The van der Waals surface area contributed by atoms with Crippen LogP contribution in [0, 0.1) is 0 Å². The molecular weight excluding hydrogens is 308 g/mol. The van der Waals surface area contributed by atoms with E-state index >= 15 is 0 Å². The van der Waals surface area contributed by atoms with Gasteiger partial charge in [-0.15, -0.1) is 0 Å². The SMILES string of the molecule is O=S(=O)(NCC[NH+]1CCOCC1)c1ccc2c(c1)OCCO2. The van der Waals surface area contributed by atoms with Crippen molar-refractivity contribution in [2.24, 2.45) is 0 Å². The van der Waals surface area contributed by atoms with Crippen molar-refractivity contribution < 1.29 is 27.5 Å². The molecule has 3 rings (SSSR count). The van der Waals surface area contributed by atoms with Gasteiger partial charge in [-0.1, -0.05) is 0 Å². The molecule has 22 heavy (non-hydrogen) atoms. The van der Waals surface area contributed by atoms with Gasteiger partial charge in [0.2, 0.25) is 10.0 Å². The lowest BCUT2D eigenvalue weighted by Crippen LogP contribution is -3.14. The first kappa shape index (κ1) is 15.5. The minimum absolute atomic E-state index is 0.203. The molecule has 122 valence electrons. The maximum absolute atomic E-state index is 12.3. The predicted molar refractivity (Wildman–Crippen MR) is 79.0 cm³/mol. The van der Waals surface area contributed by atoms with E-state index in [0.717, 1.165) is 32.8 Å². The van der Waals surface area contributed by atoms with Crippen molar-refractivity contribution in [3.05, 3.63) is 18.2 Å². The largest absolute Gasteiger partial charge is 0.486 e. The van der Waals surface area contributed by atoms with E-state index in [-0.39, 0.29) is 4.90 Å². The first-order valence-electron chi connectivity index (χ1n) is 7.46. The van der Waals surface area contributed by atoms with Crippen LogP contribution in [0.15, 0.2) is 23.1 Å². The third kappa shape index (κ3) is 3.70.